The lowest BCUT2D eigenvalue weighted by molar-refractivity contribution is -0.274. The molecular formula is C20H18F3N3O3. The number of halogens is 3. The molecule has 2 rings (SSSR count). The van der Waals surface area contributed by atoms with Gasteiger partial charge in [-0.1, -0.05) is 18.2 Å². The number of nitrogens with zero attached hydrogens (tertiary/aromatic N) is 2. The maximum Gasteiger partial charge on any atom is 0.573 e. The van der Waals surface area contributed by atoms with Crippen LogP contribution in [0.15, 0.2) is 54.6 Å². The molecule has 0 heterocycles. The van der Waals surface area contributed by atoms with Crippen molar-refractivity contribution >= 4 is 23.2 Å². The van der Waals surface area contributed by atoms with Crippen molar-refractivity contribution in [2.24, 2.45) is 0 Å². The van der Waals surface area contributed by atoms with Crippen molar-refractivity contribution in [3.8, 4) is 11.8 Å². The number of hydrogen-bond acceptors (Lipinski definition) is 4. The summed E-state index contributed by atoms with van der Waals surface area (Å²) in [5.74, 6) is -1.17. The molecule has 0 aromatic heterocycles. The van der Waals surface area contributed by atoms with Gasteiger partial charge in [-0.3, -0.25) is 9.59 Å². The van der Waals surface area contributed by atoms with Crippen LogP contribution in [0.1, 0.15) is 19.3 Å². The first-order valence-electron chi connectivity index (χ1n) is 8.66. The lowest BCUT2D eigenvalue weighted by Gasteiger charge is -2.21. The van der Waals surface area contributed by atoms with Crippen molar-refractivity contribution in [3.63, 3.8) is 0 Å². The third-order valence-electron chi connectivity index (χ3n) is 3.75. The van der Waals surface area contributed by atoms with Gasteiger partial charge in [0, 0.05) is 30.8 Å². The number of alkyl halides is 3. The molecule has 0 saturated heterocycles. The molecular weight excluding hydrogens is 387 g/mol. The fourth-order valence-corrected chi connectivity index (χ4v) is 2.49. The van der Waals surface area contributed by atoms with Gasteiger partial charge in [0.15, 0.2) is 0 Å². The van der Waals surface area contributed by atoms with Gasteiger partial charge in [0.1, 0.15) is 5.75 Å². The number of amides is 2. The van der Waals surface area contributed by atoms with Crippen LogP contribution < -0.4 is 15.0 Å². The van der Waals surface area contributed by atoms with Crippen molar-refractivity contribution in [1.82, 2.24) is 0 Å². The summed E-state index contributed by atoms with van der Waals surface area (Å²) < 4.78 is 40.2. The number of nitrogens with one attached hydrogen (secondary N) is 1. The first-order valence-corrected chi connectivity index (χ1v) is 8.66. The van der Waals surface area contributed by atoms with Gasteiger partial charge in [-0.15, -0.1) is 13.2 Å². The zero-order valence-corrected chi connectivity index (χ0v) is 15.3. The number of para-hydroxylation sites is 1. The van der Waals surface area contributed by atoms with Crippen LogP contribution in [0.3, 0.4) is 0 Å². The minimum atomic E-state index is -4.79. The zero-order chi connectivity index (χ0) is 21.3. The number of anilines is 2. The number of nitriles is 1. The highest BCUT2D eigenvalue weighted by Gasteiger charge is 2.31. The van der Waals surface area contributed by atoms with E-state index in [2.05, 4.69) is 10.1 Å². The van der Waals surface area contributed by atoms with Gasteiger partial charge >= 0.3 is 6.36 Å². The zero-order valence-electron chi connectivity index (χ0n) is 15.3. The molecule has 2 aromatic carbocycles. The van der Waals surface area contributed by atoms with Gasteiger partial charge in [-0.2, -0.15) is 5.26 Å². The van der Waals surface area contributed by atoms with Gasteiger partial charge in [-0.25, -0.2) is 0 Å². The number of carbonyl (C=O) groups excluding carboxylic acids is 2. The summed E-state index contributed by atoms with van der Waals surface area (Å²) >= 11 is 0. The topological polar surface area (TPSA) is 82.4 Å². The molecule has 0 aliphatic heterocycles. The van der Waals surface area contributed by atoms with E-state index in [0.29, 0.717) is 5.69 Å². The molecule has 2 amide bonds. The molecule has 152 valence electrons. The highest BCUT2D eigenvalue weighted by atomic mass is 19.4. The van der Waals surface area contributed by atoms with Crippen LogP contribution >= 0.6 is 0 Å². The Balaban J connectivity index is 1.90. The predicted octanol–water partition coefficient (Wildman–Crippen LogP) is 4.25. The first kappa shape index (κ1) is 21.8. The van der Waals surface area contributed by atoms with Crippen LogP contribution in [0, 0.1) is 11.3 Å². The van der Waals surface area contributed by atoms with E-state index in [1.54, 1.807) is 30.3 Å². The molecule has 0 spiro atoms. The molecule has 0 aliphatic rings. The summed E-state index contributed by atoms with van der Waals surface area (Å²) in [7, 11) is 0. The minimum Gasteiger partial charge on any atom is -0.406 e. The number of benzene rings is 2. The second kappa shape index (κ2) is 10.1. The van der Waals surface area contributed by atoms with E-state index < -0.39 is 18.0 Å². The van der Waals surface area contributed by atoms with Crippen LogP contribution in [-0.2, 0) is 9.59 Å². The normalized spacial score (nSPS) is 10.7. The summed E-state index contributed by atoms with van der Waals surface area (Å²) in [6, 6.07) is 15.5. The third kappa shape index (κ3) is 7.54. The lowest BCUT2D eigenvalue weighted by atomic mass is 10.2. The largest absolute Gasteiger partial charge is 0.573 e. The Kier molecular flexibility index (Phi) is 7.60. The van der Waals surface area contributed by atoms with Crippen LogP contribution in [-0.4, -0.2) is 24.7 Å². The maximum atomic E-state index is 12.5. The summed E-state index contributed by atoms with van der Waals surface area (Å²) in [5, 5.41) is 11.3. The highest BCUT2D eigenvalue weighted by molar-refractivity contribution is 5.98. The van der Waals surface area contributed by atoms with Gasteiger partial charge < -0.3 is 15.0 Å². The molecule has 0 bridgehead atoms. The standard InChI is InChI=1S/C20H18F3N3O3/c21-20(22,23)29-17-9-7-15(8-10-17)25-18(27)11-12-19(28)26(14-4-13-24)16-5-2-1-3-6-16/h1-3,5-10H,4,11-12,14H2,(H,25,27). The molecule has 9 heteroatoms. The van der Waals surface area contributed by atoms with Crippen LogP contribution in [0.25, 0.3) is 0 Å². The molecule has 0 unspecified atom stereocenters. The Bertz CT molecular complexity index is 863. The Morgan fingerprint density at radius 3 is 2.28 bits per heavy atom. The van der Waals surface area contributed by atoms with E-state index >= 15 is 0 Å². The van der Waals surface area contributed by atoms with Gasteiger partial charge in [0.25, 0.3) is 0 Å². The maximum absolute atomic E-state index is 12.5. The van der Waals surface area contributed by atoms with E-state index in [9.17, 15) is 22.8 Å². The smallest absolute Gasteiger partial charge is 0.406 e. The molecule has 0 saturated carbocycles. The number of carbonyl (C=O) groups is 2. The van der Waals surface area contributed by atoms with Crippen LogP contribution in [0.4, 0.5) is 24.5 Å². The summed E-state index contributed by atoms with van der Waals surface area (Å²) in [5.41, 5.74) is 0.912. The van der Waals surface area contributed by atoms with Crippen LogP contribution in [0.5, 0.6) is 5.75 Å². The second-order valence-corrected chi connectivity index (χ2v) is 5.91. The Morgan fingerprint density at radius 1 is 1.03 bits per heavy atom. The summed E-state index contributed by atoms with van der Waals surface area (Å²) in [6.45, 7) is 0.210. The average molecular weight is 405 g/mol. The second-order valence-electron chi connectivity index (χ2n) is 5.91. The molecule has 1 N–H and O–H groups in total. The van der Waals surface area contributed by atoms with Gasteiger partial charge in [-0.05, 0) is 36.4 Å². The fraction of sp³-hybridized carbons (Fsp3) is 0.250. The number of ether oxygens (including phenoxy) is 1. The van der Waals surface area contributed by atoms with Crippen molar-refractivity contribution in [1.29, 1.82) is 5.26 Å². The molecule has 0 aliphatic carbocycles. The van der Waals surface area contributed by atoms with Crippen molar-refractivity contribution in [2.75, 3.05) is 16.8 Å². The molecule has 6 nitrogen and oxygen atoms in total. The van der Waals surface area contributed by atoms with Gasteiger partial charge in [0.05, 0.1) is 12.5 Å². The highest BCUT2D eigenvalue weighted by Crippen LogP contribution is 2.24. The quantitative estimate of drug-likeness (QED) is 0.712. The minimum absolute atomic E-state index is 0.0819. The van der Waals surface area contributed by atoms with E-state index in [4.69, 9.17) is 5.26 Å². The Labute approximate surface area is 165 Å². The van der Waals surface area contributed by atoms with Crippen LogP contribution in [0.2, 0.25) is 0 Å². The monoisotopic (exact) mass is 405 g/mol. The average Bonchev–Trinajstić information content (AvgIpc) is 2.68. The summed E-state index contributed by atoms with van der Waals surface area (Å²) in [6.07, 6.45) is -4.84. The van der Waals surface area contributed by atoms with Crippen molar-refractivity contribution in [2.45, 2.75) is 25.6 Å². The SMILES string of the molecule is N#CCCN(C(=O)CCC(=O)Nc1ccc(OC(F)(F)F)cc1)c1ccccc1. The molecule has 29 heavy (non-hydrogen) atoms. The fourth-order valence-electron chi connectivity index (χ4n) is 2.49. The Morgan fingerprint density at radius 2 is 1.69 bits per heavy atom. The Hall–Kier alpha value is -3.54. The predicted molar refractivity (Wildman–Crippen MR) is 100 cm³/mol. The van der Waals surface area contributed by atoms with Gasteiger partial charge in [0.2, 0.25) is 11.8 Å². The number of rotatable bonds is 8. The molecule has 2 aromatic rings. The third-order valence-corrected chi connectivity index (χ3v) is 3.75. The molecule has 0 fully saturated rings. The van der Waals surface area contributed by atoms with Crippen molar-refractivity contribution < 1.29 is 27.5 Å². The summed E-state index contributed by atoms with van der Waals surface area (Å²) in [4.78, 5) is 26.0. The van der Waals surface area contributed by atoms with E-state index in [1.165, 1.54) is 17.0 Å². The number of hydrogen-bond donors (Lipinski definition) is 1. The molecule has 0 atom stereocenters. The van der Waals surface area contributed by atoms with E-state index in [0.717, 1.165) is 12.1 Å². The van der Waals surface area contributed by atoms with Crippen molar-refractivity contribution in [3.05, 3.63) is 54.6 Å². The first-order chi connectivity index (χ1) is 13.8. The molecule has 0 radical (unpaired) electrons. The van der Waals surface area contributed by atoms with E-state index in [1.807, 2.05) is 6.07 Å². The van der Waals surface area contributed by atoms with E-state index in [-0.39, 0.29) is 37.4 Å². The lowest BCUT2D eigenvalue weighted by Crippen LogP contribution is -2.32.